The average Bonchev–Trinajstić information content (AvgIpc) is 3.17. The van der Waals surface area contributed by atoms with Crippen molar-refractivity contribution in [1.82, 2.24) is 4.90 Å². The number of aryl methyl sites for hydroxylation is 1. The van der Waals surface area contributed by atoms with E-state index in [1.807, 2.05) is 62.4 Å². The van der Waals surface area contributed by atoms with Crippen molar-refractivity contribution < 1.29 is 9.59 Å². The molecule has 1 atom stereocenters. The van der Waals surface area contributed by atoms with Crippen LogP contribution in [0.5, 0.6) is 0 Å². The van der Waals surface area contributed by atoms with Gasteiger partial charge >= 0.3 is 6.03 Å². The minimum atomic E-state index is -0.958. The van der Waals surface area contributed by atoms with Crippen molar-refractivity contribution in [1.29, 1.82) is 0 Å². The lowest BCUT2D eigenvalue weighted by molar-refractivity contribution is -0.123. The van der Waals surface area contributed by atoms with Crippen molar-refractivity contribution >= 4 is 35.1 Å². The third-order valence-corrected chi connectivity index (χ3v) is 6.35. The lowest BCUT2D eigenvalue weighted by Gasteiger charge is -2.33. The summed E-state index contributed by atoms with van der Waals surface area (Å²) in [6.45, 7) is 5.08. The molecule has 0 saturated carbocycles. The van der Waals surface area contributed by atoms with Crippen LogP contribution in [-0.4, -0.2) is 35.7 Å². The van der Waals surface area contributed by atoms with Crippen molar-refractivity contribution in [3.8, 4) is 0 Å². The number of para-hydroxylation sites is 1. The molecular formula is C20H21N3O2S. The largest absolute Gasteiger partial charge is 0.323 e. The Hall–Kier alpha value is -2.47. The molecule has 134 valence electrons. The van der Waals surface area contributed by atoms with E-state index in [4.69, 9.17) is 0 Å². The molecule has 2 aliphatic heterocycles. The second-order valence-electron chi connectivity index (χ2n) is 6.51. The highest BCUT2D eigenvalue weighted by atomic mass is 32.2. The zero-order chi connectivity index (χ0) is 18.3. The van der Waals surface area contributed by atoms with E-state index in [2.05, 4.69) is 5.32 Å². The van der Waals surface area contributed by atoms with Crippen LogP contribution in [0.3, 0.4) is 0 Å². The van der Waals surface area contributed by atoms with Crippen LogP contribution < -0.4 is 10.2 Å². The van der Waals surface area contributed by atoms with Crippen LogP contribution in [0.4, 0.5) is 16.2 Å². The number of carbonyl (C=O) groups is 2. The summed E-state index contributed by atoms with van der Waals surface area (Å²) in [6.07, 6.45) is 0. The summed E-state index contributed by atoms with van der Waals surface area (Å²) in [7, 11) is 0. The molecule has 2 heterocycles. The zero-order valence-electron chi connectivity index (χ0n) is 14.9. The monoisotopic (exact) mass is 367 g/mol. The molecule has 1 saturated heterocycles. The van der Waals surface area contributed by atoms with Gasteiger partial charge in [-0.25, -0.2) is 4.79 Å². The van der Waals surface area contributed by atoms with E-state index in [1.165, 1.54) is 0 Å². The molecule has 4 rings (SSSR count). The number of nitrogens with one attached hydrogen (secondary N) is 1. The molecule has 5 nitrogen and oxygen atoms in total. The molecule has 2 aliphatic rings. The number of carbonyl (C=O) groups excluding carboxylic acids is 2. The first-order chi connectivity index (χ1) is 12.6. The minimum absolute atomic E-state index is 0.0249. The van der Waals surface area contributed by atoms with Gasteiger partial charge in [-0.15, -0.1) is 11.8 Å². The summed E-state index contributed by atoms with van der Waals surface area (Å²) >= 11 is 1.55. The topological polar surface area (TPSA) is 52.7 Å². The van der Waals surface area contributed by atoms with Gasteiger partial charge in [-0.2, -0.15) is 0 Å². The third-order valence-electron chi connectivity index (χ3n) is 4.93. The molecule has 0 aromatic heterocycles. The van der Waals surface area contributed by atoms with Gasteiger partial charge in [-0.1, -0.05) is 30.3 Å². The van der Waals surface area contributed by atoms with Crippen LogP contribution in [0.15, 0.2) is 48.5 Å². The van der Waals surface area contributed by atoms with Crippen LogP contribution in [0.25, 0.3) is 0 Å². The molecule has 26 heavy (non-hydrogen) atoms. The number of benzene rings is 2. The molecule has 0 unspecified atom stereocenters. The number of amides is 3. The van der Waals surface area contributed by atoms with Crippen LogP contribution in [0.2, 0.25) is 0 Å². The van der Waals surface area contributed by atoms with E-state index in [9.17, 15) is 9.59 Å². The Balaban J connectivity index is 1.72. The van der Waals surface area contributed by atoms with Crippen molar-refractivity contribution in [3.63, 3.8) is 0 Å². The summed E-state index contributed by atoms with van der Waals surface area (Å²) in [5, 5.41) is 2.96. The predicted molar refractivity (Wildman–Crippen MR) is 106 cm³/mol. The Bertz CT molecular complexity index is 885. The fraction of sp³-hybridized carbons (Fsp3) is 0.300. The molecule has 2 aromatic rings. The highest BCUT2D eigenvalue weighted by molar-refractivity contribution is 8.01. The highest BCUT2D eigenvalue weighted by Crippen LogP contribution is 2.53. The highest BCUT2D eigenvalue weighted by Gasteiger charge is 2.59. The molecule has 1 fully saturated rings. The Morgan fingerprint density at radius 2 is 2.04 bits per heavy atom. The van der Waals surface area contributed by atoms with Gasteiger partial charge in [-0.05, 0) is 37.6 Å². The molecule has 1 N–H and O–H groups in total. The molecule has 0 bridgehead atoms. The number of hydrogen-bond donors (Lipinski definition) is 1. The summed E-state index contributed by atoms with van der Waals surface area (Å²) in [5.74, 6) is 0.710. The second-order valence-corrected chi connectivity index (χ2v) is 7.80. The van der Waals surface area contributed by atoms with Gasteiger partial charge in [0.2, 0.25) is 0 Å². The molecule has 1 spiro atoms. The van der Waals surface area contributed by atoms with E-state index in [0.29, 0.717) is 13.1 Å². The maximum Gasteiger partial charge on any atom is 0.323 e. The lowest BCUT2D eigenvalue weighted by Crippen LogP contribution is -2.51. The van der Waals surface area contributed by atoms with E-state index in [1.54, 1.807) is 21.6 Å². The van der Waals surface area contributed by atoms with E-state index in [-0.39, 0.29) is 11.9 Å². The number of urea groups is 1. The summed E-state index contributed by atoms with van der Waals surface area (Å²) in [6, 6.07) is 15.2. The van der Waals surface area contributed by atoms with Gasteiger partial charge in [0.1, 0.15) is 0 Å². The van der Waals surface area contributed by atoms with Gasteiger partial charge in [-0.3, -0.25) is 9.69 Å². The predicted octanol–water partition coefficient (Wildman–Crippen LogP) is 3.80. The Kier molecular flexibility index (Phi) is 4.15. The maximum absolute atomic E-state index is 13.3. The third kappa shape index (κ3) is 2.40. The minimum Gasteiger partial charge on any atom is -0.309 e. The molecule has 3 amide bonds. The lowest BCUT2D eigenvalue weighted by atomic mass is 10.1. The Morgan fingerprint density at radius 3 is 2.81 bits per heavy atom. The smallest absolute Gasteiger partial charge is 0.309 e. The van der Waals surface area contributed by atoms with Crippen molar-refractivity contribution in [3.05, 3.63) is 59.7 Å². The fourth-order valence-corrected chi connectivity index (χ4v) is 5.26. The van der Waals surface area contributed by atoms with Gasteiger partial charge in [0.05, 0.1) is 5.69 Å². The fourth-order valence-electron chi connectivity index (χ4n) is 3.80. The van der Waals surface area contributed by atoms with E-state index >= 15 is 0 Å². The standard InChI is InChI=1S/C20H21N3O2S/c1-3-22-17-10-5-4-9-16(17)20(18(22)24)23(11-12-26-20)19(25)21-15-8-6-7-14(2)13-15/h4-10,13H,3,11-12H2,1-2H3,(H,21,25)/t20-/m1/s1. The maximum atomic E-state index is 13.3. The summed E-state index contributed by atoms with van der Waals surface area (Å²) in [5.41, 5.74) is 3.64. The molecule has 0 radical (unpaired) electrons. The Morgan fingerprint density at radius 1 is 1.23 bits per heavy atom. The van der Waals surface area contributed by atoms with Crippen LogP contribution in [0.1, 0.15) is 18.1 Å². The van der Waals surface area contributed by atoms with Gasteiger partial charge < -0.3 is 10.2 Å². The SMILES string of the molecule is CCN1C(=O)[C@]2(SCCN2C(=O)Nc2cccc(C)c2)c2ccccc21. The van der Waals surface area contributed by atoms with Crippen molar-refractivity contribution in [2.45, 2.75) is 18.7 Å². The van der Waals surface area contributed by atoms with E-state index < -0.39 is 4.87 Å². The number of thioether (sulfide) groups is 1. The van der Waals surface area contributed by atoms with Crippen LogP contribution in [-0.2, 0) is 9.67 Å². The molecule has 0 aliphatic carbocycles. The van der Waals surface area contributed by atoms with E-state index in [0.717, 1.165) is 28.3 Å². The van der Waals surface area contributed by atoms with Gasteiger partial charge in [0.15, 0.2) is 4.87 Å². The van der Waals surface area contributed by atoms with Gasteiger partial charge in [0, 0.05) is 30.1 Å². The second kappa shape index (κ2) is 6.36. The first kappa shape index (κ1) is 17.0. The molecule has 6 heteroatoms. The number of anilines is 2. The molecular weight excluding hydrogens is 346 g/mol. The number of nitrogens with zero attached hydrogens (tertiary/aromatic N) is 2. The zero-order valence-corrected chi connectivity index (χ0v) is 15.7. The molecule has 2 aromatic carbocycles. The first-order valence-corrected chi connectivity index (χ1v) is 9.77. The normalized spacial score (nSPS) is 21.4. The number of rotatable bonds is 2. The first-order valence-electron chi connectivity index (χ1n) is 8.78. The number of fused-ring (bicyclic) bond motifs is 2. The average molecular weight is 367 g/mol. The van der Waals surface area contributed by atoms with Crippen molar-refractivity contribution in [2.75, 3.05) is 29.1 Å². The Labute approximate surface area is 157 Å². The van der Waals surface area contributed by atoms with Gasteiger partial charge in [0.25, 0.3) is 5.91 Å². The number of hydrogen-bond acceptors (Lipinski definition) is 3. The quantitative estimate of drug-likeness (QED) is 0.878. The summed E-state index contributed by atoms with van der Waals surface area (Å²) < 4.78 is 0. The summed E-state index contributed by atoms with van der Waals surface area (Å²) in [4.78, 5) is 28.9. The van der Waals surface area contributed by atoms with Crippen molar-refractivity contribution in [2.24, 2.45) is 0 Å². The number of likely N-dealkylation sites (N-methyl/N-ethyl adjacent to an activating group) is 1. The van der Waals surface area contributed by atoms with Crippen LogP contribution in [0, 0.1) is 6.92 Å². The van der Waals surface area contributed by atoms with Crippen LogP contribution >= 0.6 is 11.8 Å².